The molecule has 4 heteroatoms. The normalized spacial score (nSPS) is 18.1. The summed E-state index contributed by atoms with van der Waals surface area (Å²) in [5.41, 5.74) is 1.32. The topological polar surface area (TPSA) is 21.3 Å². The first kappa shape index (κ1) is 16.3. The van der Waals surface area contributed by atoms with Gasteiger partial charge in [-0.2, -0.15) is 0 Å². The summed E-state index contributed by atoms with van der Waals surface area (Å²) in [6, 6.07) is 6.67. The van der Waals surface area contributed by atoms with Crippen LogP contribution >= 0.6 is 27.5 Å². The van der Waals surface area contributed by atoms with Gasteiger partial charge in [-0.15, -0.1) is 0 Å². The van der Waals surface area contributed by atoms with E-state index < -0.39 is 0 Å². The van der Waals surface area contributed by atoms with Gasteiger partial charge >= 0.3 is 0 Å². The minimum Gasteiger partial charge on any atom is -0.381 e. The summed E-state index contributed by atoms with van der Waals surface area (Å²) in [6.45, 7) is 5.08. The van der Waals surface area contributed by atoms with Gasteiger partial charge in [0.2, 0.25) is 0 Å². The molecule has 1 atom stereocenters. The number of halogens is 2. The van der Waals surface area contributed by atoms with Crippen LogP contribution in [0.1, 0.15) is 44.2 Å². The van der Waals surface area contributed by atoms with Crippen LogP contribution in [0, 0.1) is 5.92 Å². The van der Waals surface area contributed by atoms with Crippen molar-refractivity contribution in [2.75, 3.05) is 19.8 Å². The van der Waals surface area contributed by atoms with E-state index in [9.17, 15) is 0 Å². The fourth-order valence-electron chi connectivity index (χ4n) is 2.70. The third-order valence-corrected chi connectivity index (χ3v) is 5.11. The van der Waals surface area contributed by atoms with Crippen molar-refractivity contribution in [3.05, 3.63) is 33.3 Å². The molecule has 1 fully saturated rings. The lowest BCUT2D eigenvalue weighted by molar-refractivity contribution is 0.0605. The Kier molecular flexibility index (Phi) is 6.82. The van der Waals surface area contributed by atoms with E-state index in [4.69, 9.17) is 16.3 Å². The third-order valence-electron chi connectivity index (χ3n) is 3.90. The molecular weight excluding hydrogens is 338 g/mol. The lowest BCUT2D eigenvalue weighted by Crippen LogP contribution is -2.27. The van der Waals surface area contributed by atoms with E-state index in [1.54, 1.807) is 0 Å². The first-order valence-electron chi connectivity index (χ1n) is 7.46. The van der Waals surface area contributed by atoms with Gasteiger partial charge in [0.1, 0.15) is 0 Å². The summed E-state index contributed by atoms with van der Waals surface area (Å²) >= 11 is 9.63. The van der Waals surface area contributed by atoms with Crippen LogP contribution in [0.5, 0.6) is 0 Å². The lowest BCUT2D eigenvalue weighted by atomic mass is 9.89. The van der Waals surface area contributed by atoms with E-state index >= 15 is 0 Å². The van der Waals surface area contributed by atoms with E-state index in [1.807, 2.05) is 6.07 Å². The van der Waals surface area contributed by atoms with Gasteiger partial charge < -0.3 is 10.1 Å². The average molecular weight is 361 g/mol. The second kappa shape index (κ2) is 8.38. The molecule has 1 unspecified atom stereocenters. The molecule has 1 aliphatic rings. The van der Waals surface area contributed by atoms with E-state index in [2.05, 4.69) is 40.3 Å². The Morgan fingerprint density at radius 2 is 2.15 bits per heavy atom. The van der Waals surface area contributed by atoms with Crippen LogP contribution in [-0.2, 0) is 4.74 Å². The van der Waals surface area contributed by atoms with Gasteiger partial charge in [-0.05, 0) is 71.8 Å². The Morgan fingerprint density at radius 3 is 2.80 bits per heavy atom. The van der Waals surface area contributed by atoms with Crippen LogP contribution in [-0.4, -0.2) is 19.8 Å². The fourth-order valence-corrected chi connectivity index (χ4v) is 3.21. The highest BCUT2D eigenvalue weighted by atomic mass is 79.9. The molecule has 1 aromatic rings. The molecule has 0 aliphatic carbocycles. The summed E-state index contributed by atoms with van der Waals surface area (Å²) in [5.74, 6) is 0.757. The number of hydrogen-bond donors (Lipinski definition) is 1. The number of rotatable bonds is 6. The zero-order chi connectivity index (χ0) is 14.4. The van der Waals surface area contributed by atoms with Gasteiger partial charge in [-0.3, -0.25) is 0 Å². The van der Waals surface area contributed by atoms with Crippen LogP contribution in [0.4, 0.5) is 0 Å². The molecule has 1 heterocycles. The second-order valence-electron chi connectivity index (χ2n) is 5.47. The van der Waals surface area contributed by atoms with Gasteiger partial charge in [0.15, 0.2) is 0 Å². The largest absolute Gasteiger partial charge is 0.381 e. The summed E-state index contributed by atoms with van der Waals surface area (Å²) in [6.07, 6.45) is 4.69. The molecule has 20 heavy (non-hydrogen) atoms. The van der Waals surface area contributed by atoms with Crippen LogP contribution in [0.25, 0.3) is 0 Å². The van der Waals surface area contributed by atoms with Crippen molar-refractivity contribution in [1.82, 2.24) is 5.32 Å². The molecule has 0 bridgehead atoms. The molecule has 1 aromatic carbocycles. The number of benzene rings is 1. The molecule has 2 nitrogen and oxygen atoms in total. The zero-order valence-electron chi connectivity index (χ0n) is 12.0. The molecule has 0 amide bonds. The Labute approximate surface area is 135 Å². The van der Waals surface area contributed by atoms with Crippen molar-refractivity contribution in [1.29, 1.82) is 0 Å². The molecular formula is C16H23BrClNO. The highest BCUT2D eigenvalue weighted by Crippen LogP contribution is 2.31. The summed E-state index contributed by atoms with van der Waals surface area (Å²) in [5, 5.41) is 4.45. The maximum absolute atomic E-state index is 6.10. The number of nitrogens with one attached hydrogen (secondary N) is 1. The van der Waals surface area contributed by atoms with Gasteiger partial charge in [0, 0.05) is 23.7 Å². The smallest absolute Gasteiger partial charge is 0.0548 e. The standard InChI is InChI=1S/C16H23BrClNO/c1-2-7-19-16(10-12-5-8-20-9-6-12)13-3-4-15(18)14(17)11-13/h3-4,11-12,16,19H,2,5-10H2,1H3. The molecule has 112 valence electrons. The van der Waals surface area contributed by atoms with E-state index in [0.717, 1.165) is 41.6 Å². The van der Waals surface area contributed by atoms with Gasteiger partial charge in [-0.1, -0.05) is 24.6 Å². The third kappa shape index (κ3) is 4.73. The number of hydrogen-bond acceptors (Lipinski definition) is 2. The maximum atomic E-state index is 6.10. The second-order valence-corrected chi connectivity index (χ2v) is 6.73. The van der Waals surface area contributed by atoms with Crippen LogP contribution in [0.15, 0.2) is 22.7 Å². The minimum absolute atomic E-state index is 0.409. The number of ether oxygens (including phenoxy) is 1. The van der Waals surface area contributed by atoms with Gasteiger partial charge in [-0.25, -0.2) is 0 Å². The van der Waals surface area contributed by atoms with Crippen LogP contribution in [0.3, 0.4) is 0 Å². The lowest BCUT2D eigenvalue weighted by Gasteiger charge is -2.28. The molecule has 2 rings (SSSR count). The van der Waals surface area contributed by atoms with E-state index in [-0.39, 0.29) is 0 Å². The van der Waals surface area contributed by atoms with Crippen molar-refractivity contribution in [2.24, 2.45) is 5.92 Å². The van der Waals surface area contributed by atoms with Gasteiger partial charge in [0.05, 0.1) is 5.02 Å². The summed E-state index contributed by atoms with van der Waals surface area (Å²) in [7, 11) is 0. The molecule has 0 aromatic heterocycles. The Balaban J connectivity index is 2.06. The first-order valence-corrected chi connectivity index (χ1v) is 8.64. The summed E-state index contributed by atoms with van der Waals surface area (Å²) in [4.78, 5) is 0. The molecule has 1 saturated heterocycles. The predicted molar refractivity (Wildman–Crippen MR) is 88.3 cm³/mol. The summed E-state index contributed by atoms with van der Waals surface area (Å²) < 4.78 is 6.44. The Morgan fingerprint density at radius 1 is 1.40 bits per heavy atom. The molecule has 1 aliphatic heterocycles. The van der Waals surface area contributed by atoms with Crippen LogP contribution in [0.2, 0.25) is 5.02 Å². The Hall–Kier alpha value is -0.0900. The maximum Gasteiger partial charge on any atom is 0.0548 e. The quantitative estimate of drug-likeness (QED) is 0.774. The van der Waals surface area contributed by atoms with Crippen molar-refractivity contribution in [3.8, 4) is 0 Å². The van der Waals surface area contributed by atoms with Crippen molar-refractivity contribution in [2.45, 2.75) is 38.6 Å². The highest BCUT2D eigenvalue weighted by molar-refractivity contribution is 9.10. The molecule has 1 N–H and O–H groups in total. The van der Waals surface area contributed by atoms with Crippen LogP contribution < -0.4 is 5.32 Å². The molecule has 0 radical (unpaired) electrons. The first-order chi connectivity index (χ1) is 9.70. The predicted octanol–water partition coefficient (Wildman–Crippen LogP) is 4.96. The minimum atomic E-state index is 0.409. The SMILES string of the molecule is CCCNC(CC1CCOCC1)c1ccc(Cl)c(Br)c1. The van der Waals surface area contributed by atoms with E-state index in [0.29, 0.717) is 6.04 Å². The average Bonchev–Trinajstić information content (AvgIpc) is 2.47. The van der Waals surface area contributed by atoms with E-state index in [1.165, 1.54) is 24.8 Å². The highest BCUT2D eigenvalue weighted by Gasteiger charge is 2.20. The van der Waals surface area contributed by atoms with Gasteiger partial charge in [0.25, 0.3) is 0 Å². The Bertz CT molecular complexity index is 421. The van der Waals surface area contributed by atoms with Crippen molar-refractivity contribution >= 4 is 27.5 Å². The van der Waals surface area contributed by atoms with Crippen molar-refractivity contribution in [3.63, 3.8) is 0 Å². The monoisotopic (exact) mass is 359 g/mol. The molecule has 0 spiro atoms. The van der Waals surface area contributed by atoms with Crippen molar-refractivity contribution < 1.29 is 4.74 Å². The fraction of sp³-hybridized carbons (Fsp3) is 0.625. The molecule has 0 saturated carbocycles. The zero-order valence-corrected chi connectivity index (χ0v) is 14.3.